The van der Waals surface area contributed by atoms with Crippen molar-refractivity contribution in [3.8, 4) is 33.3 Å². The molecule has 0 spiro atoms. The van der Waals surface area contributed by atoms with Crippen LogP contribution >= 0.6 is 27.3 Å². The van der Waals surface area contributed by atoms with E-state index < -0.39 is 0 Å². The first-order valence-corrected chi connectivity index (χ1v) is 8.32. The van der Waals surface area contributed by atoms with Crippen LogP contribution in [0.4, 0.5) is 0 Å². The molecule has 112 valence electrons. The Morgan fingerprint density at radius 1 is 1.00 bits per heavy atom. The fourth-order valence-corrected chi connectivity index (χ4v) is 3.49. The van der Waals surface area contributed by atoms with Crippen LogP contribution in [0.15, 0.2) is 52.3 Å². The summed E-state index contributed by atoms with van der Waals surface area (Å²) in [6, 6.07) is 13.9. The van der Waals surface area contributed by atoms with Gasteiger partial charge in [0.15, 0.2) is 0 Å². The molecule has 2 aromatic carbocycles. The molecular weight excluding hydrogens is 362 g/mol. The van der Waals surface area contributed by atoms with Gasteiger partial charge in [0.2, 0.25) is 0 Å². The van der Waals surface area contributed by atoms with Gasteiger partial charge in [-0.05, 0) is 46.3 Å². The molecule has 0 unspecified atom stereocenters. The summed E-state index contributed by atoms with van der Waals surface area (Å²) in [6.07, 6.45) is 0. The predicted octanol–water partition coefficient (Wildman–Crippen LogP) is 5.26. The summed E-state index contributed by atoms with van der Waals surface area (Å²) >= 11 is 5.13. The second-order valence-electron chi connectivity index (χ2n) is 4.62. The van der Waals surface area contributed by atoms with Gasteiger partial charge in [0, 0.05) is 16.5 Å². The third-order valence-corrected chi connectivity index (χ3v) is 4.78. The minimum atomic E-state index is 0.812. The number of benzene rings is 2. The van der Waals surface area contributed by atoms with Crippen molar-refractivity contribution in [2.75, 3.05) is 14.2 Å². The number of ether oxygens (including phenoxy) is 2. The summed E-state index contributed by atoms with van der Waals surface area (Å²) in [5, 5.41) is 3.03. The number of nitrogens with zero attached hydrogens (tertiary/aromatic N) is 1. The quantitative estimate of drug-likeness (QED) is 0.623. The Labute approximate surface area is 141 Å². The van der Waals surface area contributed by atoms with Crippen molar-refractivity contribution in [2.45, 2.75) is 0 Å². The van der Waals surface area contributed by atoms with E-state index in [0.717, 1.165) is 37.8 Å². The third kappa shape index (κ3) is 3.00. The average molecular weight is 376 g/mol. The first-order valence-electron chi connectivity index (χ1n) is 6.65. The van der Waals surface area contributed by atoms with Crippen LogP contribution < -0.4 is 9.47 Å². The van der Waals surface area contributed by atoms with Crippen molar-refractivity contribution in [1.82, 2.24) is 4.98 Å². The van der Waals surface area contributed by atoms with E-state index >= 15 is 0 Å². The minimum Gasteiger partial charge on any atom is -0.497 e. The molecule has 3 aromatic rings. The molecule has 0 bridgehead atoms. The van der Waals surface area contributed by atoms with Gasteiger partial charge in [0.05, 0.1) is 24.4 Å². The molecule has 0 saturated heterocycles. The molecule has 0 saturated carbocycles. The van der Waals surface area contributed by atoms with E-state index in [1.54, 1.807) is 25.6 Å². The second-order valence-corrected chi connectivity index (χ2v) is 6.33. The summed E-state index contributed by atoms with van der Waals surface area (Å²) in [5.41, 5.74) is 3.06. The highest BCUT2D eigenvalue weighted by atomic mass is 79.9. The number of hydrogen-bond acceptors (Lipinski definition) is 4. The first-order chi connectivity index (χ1) is 10.7. The van der Waals surface area contributed by atoms with Crippen LogP contribution in [-0.4, -0.2) is 19.2 Å². The minimum absolute atomic E-state index is 0.812. The zero-order valence-electron chi connectivity index (χ0n) is 12.2. The monoisotopic (exact) mass is 375 g/mol. The first kappa shape index (κ1) is 15.1. The molecule has 22 heavy (non-hydrogen) atoms. The average Bonchev–Trinajstić information content (AvgIpc) is 3.05. The third-order valence-electron chi connectivity index (χ3n) is 3.27. The van der Waals surface area contributed by atoms with Gasteiger partial charge in [-0.1, -0.05) is 12.1 Å². The lowest BCUT2D eigenvalue weighted by Gasteiger charge is -2.04. The van der Waals surface area contributed by atoms with Crippen molar-refractivity contribution in [2.24, 2.45) is 0 Å². The van der Waals surface area contributed by atoms with Gasteiger partial charge in [0.1, 0.15) is 16.5 Å². The SMILES string of the molecule is COc1cccc(-c2nc(-c3ccc(OC)c(Br)c3)cs2)c1. The lowest BCUT2D eigenvalue weighted by atomic mass is 10.1. The Morgan fingerprint density at radius 2 is 1.86 bits per heavy atom. The highest BCUT2D eigenvalue weighted by Crippen LogP contribution is 2.34. The van der Waals surface area contributed by atoms with E-state index in [1.807, 2.05) is 42.5 Å². The smallest absolute Gasteiger partial charge is 0.133 e. The molecule has 0 atom stereocenters. The van der Waals surface area contributed by atoms with Crippen molar-refractivity contribution >= 4 is 27.3 Å². The van der Waals surface area contributed by atoms with Gasteiger partial charge >= 0.3 is 0 Å². The summed E-state index contributed by atoms with van der Waals surface area (Å²) in [6.45, 7) is 0. The molecule has 0 aliphatic rings. The number of aromatic nitrogens is 1. The van der Waals surface area contributed by atoms with Crippen molar-refractivity contribution in [1.29, 1.82) is 0 Å². The van der Waals surface area contributed by atoms with Crippen molar-refractivity contribution < 1.29 is 9.47 Å². The Balaban J connectivity index is 1.94. The second kappa shape index (κ2) is 6.50. The topological polar surface area (TPSA) is 31.4 Å². The van der Waals surface area contributed by atoms with E-state index in [4.69, 9.17) is 14.5 Å². The molecule has 5 heteroatoms. The molecule has 0 fully saturated rings. The molecule has 3 nitrogen and oxygen atoms in total. The Bertz CT molecular complexity index is 801. The lowest BCUT2D eigenvalue weighted by Crippen LogP contribution is -1.86. The molecule has 0 N–H and O–H groups in total. The van der Waals surface area contributed by atoms with Crippen LogP contribution in [0.2, 0.25) is 0 Å². The normalized spacial score (nSPS) is 10.5. The highest BCUT2D eigenvalue weighted by Gasteiger charge is 2.09. The molecule has 0 amide bonds. The molecule has 0 radical (unpaired) electrons. The highest BCUT2D eigenvalue weighted by molar-refractivity contribution is 9.10. The van der Waals surface area contributed by atoms with E-state index in [-0.39, 0.29) is 0 Å². The van der Waals surface area contributed by atoms with Crippen LogP contribution in [0, 0.1) is 0 Å². The van der Waals surface area contributed by atoms with Gasteiger partial charge in [0.25, 0.3) is 0 Å². The Morgan fingerprint density at radius 3 is 2.59 bits per heavy atom. The Hall–Kier alpha value is -1.85. The maximum absolute atomic E-state index is 5.27. The predicted molar refractivity (Wildman–Crippen MR) is 93.8 cm³/mol. The van der Waals surface area contributed by atoms with Gasteiger partial charge in [-0.3, -0.25) is 0 Å². The van der Waals surface area contributed by atoms with E-state index in [2.05, 4.69) is 21.3 Å². The maximum atomic E-state index is 5.27. The van der Waals surface area contributed by atoms with Gasteiger partial charge in [-0.25, -0.2) is 4.98 Å². The van der Waals surface area contributed by atoms with Crippen LogP contribution in [0.5, 0.6) is 11.5 Å². The Kier molecular flexibility index (Phi) is 4.45. The molecule has 1 aromatic heterocycles. The molecule has 0 aliphatic carbocycles. The largest absolute Gasteiger partial charge is 0.497 e. The standard InChI is InChI=1S/C17H14BrNO2S/c1-20-13-5-3-4-12(8-13)17-19-15(10-22-17)11-6-7-16(21-2)14(18)9-11/h3-10H,1-2H3. The number of hydrogen-bond donors (Lipinski definition) is 0. The number of thiazole rings is 1. The van der Waals surface area contributed by atoms with Gasteiger partial charge < -0.3 is 9.47 Å². The zero-order valence-corrected chi connectivity index (χ0v) is 14.6. The fraction of sp³-hybridized carbons (Fsp3) is 0.118. The van der Waals surface area contributed by atoms with Gasteiger partial charge in [-0.2, -0.15) is 0 Å². The number of rotatable bonds is 4. The van der Waals surface area contributed by atoms with E-state index in [1.165, 1.54) is 0 Å². The van der Waals surface area contributed by atoms with E-state index in [9.17, 15) is 0 Å². The summed E-state index contributed by atoms with van der Waals surface area (Å²) in [7, 11) is 3.32. The number of halogens is 1. The molecule has 3 rings (SSSR count). The number of methoxy groups -OCH3 is 2. The van der Waals surface area contributed by atoms with Crippen molar-refractivity contribution in [3.63, 3.8) is 0 Å². The van der Waals surface area contributed by atoms with Crippen LogP contribution in [-0.2, 0) is 0 Å². The van der Waals surface area contributed by atoms with Crippen LogP contribution in [0.1, 0.15) is 0 Å². The summed E-state index contributed by atoms with van der Waals surface area (Å²) in [4.78, 5) is 4.72. The summed E-state index contributed by atoms with van der Waals surface area (Å²) in [5.74, 6) is 1.65. The molecule has 0 aliphatic heterocycles. The summed E-state index contributed by atoms with van der Waals surface area (Å²) < 4.78 is 11.4. The van der Waals surface area contributed by atoms with Gasteiger partial charge in [-0.15, -0.1) is 11.3 Å². The zero-order chi connectivity index (χ0) is 15.5. The van der Waals surface area contributed by atoms with E-state index in [0.29, 0.717) is 0 Å². The van der Waals surface area contributed by atoms with Crippen molar-refractivity contribution in [3.05, 3.63) is 52.3 Å². The molecular formula is C17H14BrNO2S. The van der Waals surface area contributed by atoms with Crippen LogP contribution in [0.25, 0.3) is 21.8 Å². The fourth-order valence-electron chi connectivity index (χ4n) is 2.12. The lowest BCUT2D eigenvalue weighted by molar-refractivity contribution is 0.412. The van der Waals surface area contributed by atoms with Crippen LogP contribution in [0.3, 0.4) is 0 Å². The maximum Gasteiger partial charge on any atom is 0.133 e. The molecule has 1 heterocycles.